The molecule has 3 aromatic carbocycles. The minimum Gasteiger partial charge on any atom is -0.542 e. The second-order valence-electron chi connectivity index (χ2n) is 10.8. The van der Waals surface area contributed by atoms with Gasteiger partial charge in [0.1, 0.15) is 17.3 Å². The van der Waals surface area contributed by atoms with Crippen molar-refractivity contribution in [1.82, 2.24) is 0 Å². The summed E-state index contributed by atoms with van der Waals surface area (Å²) in [6.07, 6.45) is 1.98. The van der Waals surface area contributed by atoms with Gasteiger partial charge in [-0.1, -0.05) is 109 Å². The lowest BCUT2D eigenvalue weighted by atomic mass is 10.0. The van der Waals surface area contributed by atoms with Crippen LogP contribution in [0.3, 0.4) is 0 Å². The third-order valence-corrected chi connectivity index (χ3v) is 13.0. The zero-order valence-electron chi connectivity index (χ0n) is 23.3. The van der Waals surface area contributed by atoms with E-state index in [1.165, 1.54) is 22.3 Å². The minimum absolute atomic E-state index is 0.457. The van der Waals surface area contributed by atoms with E-state index in [4.69, 9.17) is 9.16 Å². The van der Waals surface area contributed by atoms with Crippen LogP contribution in [0.1, 0.15) is 58.2 Å². The predicted molar refractivity (Wildman–Crippen MR) is 158 cm³/mol. The molecular formula is C33H42O2Si. The Morgan fingerprint density at radius 1 is 0.722 bits per heavy atom. The molecule has 0 aliphatic carbocycles. The van der Waals surface area contributed by atoms with Crippen LogP contribution < -0.4 is 4.74 Å². The SMILES string of the molecule is C=C(/C=C(/O[Si](C(C)C)(C(C)C)C(C)C)c1ccc(-c2ccccc2)cc1)Oc1cc(C)cc(C)c1. The fourth-order valence-electron chi connectivity index (χ4n) is 5.49. The number of hydrogen-bond donors (Lipinski definition) is 0. The van der Waals surface area contributed by atoms with Gasteiger partial charge in [0.05, 0.1) is 0 Å². The van der Waals surface area contributed by atoms with Crippen molar-refractivity contribution in [2.24, 2.45) is 0 Å². The van der Waals surface area contributed by atoms with Gasteiger partial charge in [-0.3, -0.25) is 0 Å². The molecule has 0 fully saturated rings. The molecule has 0 spiro atoms. The Bertz CT molecular complexity index is 1150. The second-order valence-corrected chi connectivity index (χ2v) is 16.1. The number of hydrogen-bond acceptors (Lipinski definition) is 2. The quantitative estimate of drug-likeness (QED) is 0.157. The van der Waals surface area contributed by atoms with E-state index in [2.05, 4.69) is 117 Å². The lowest BCUT2D eigenvalue weighted by Gasteiger charge is -2.43. The highest BCUT2D eigenvalue weighted by Gasteiger charge is 2.47. The van der Waals surface area contributed by atoms with Gasteiger partial charge < -0.3 is 9.16 Å². The topological polar surface area (TPSA) is 18.5 Å². The van der Waals surface area contributed by atoms with Gasteiger partial charge in [0.25, 0.3) is 8.32 Å². The van der Waals surface area contributed by atoms with Gasteiger partial charge >= 0.3 is 0 Å². The highest BCUT2D eigenvalue weighted by Crippen LogP contribution is 2.45. The van der Waals surface area contributed by atoms with Gasteiger partial charge in [-0.25, -0.2) is 0 Å². The standard InChI is InChI=1S/C33H42O2Si/c1-23(2)36(24(3)4,25(5)6)35-33(22-28(9)34-32-20-26(7)19-27(8)21-32)31-17-15-30(16-18-31)29-13-11-10-12-14-29/h10-25H,9H2,1-8H3/b33-22+. The number of allylic oxidation sites excluding steroid dienone is 1. The highest BCUT2D eigenvalue weighted by molar-refractivity contribution is 6.78. The number of aryl methyl sites for hydroxylation is 2. The molecule has 0 heterocycles. The van der Waals surface area contributed by atoms with Crippen molar-refractivity contribution in [3.8, 4) is 16.9 Å². The molecule has 36 heavy (non-hydrogen) atoms. The molecule has 0 unspecified atom stereocenters. The first-order valence-electron chi connectivity index (χ1n) is 13.0. The first-order chi connectivity index (χ1) is 17.0. The zero-order chi connectivity index (χ0) is 26.5. The summed E-state index contributed by atoms with van der Waals surface area (Å²) in [5.74, 6) is 2.21. The Balaban J connectivity index is 2.03. The molecule has 3 aromatic rings. The Kier molecular flexibility index (Phi) is 9.02. The summed E-state index contributed by atoms with van der Waals surface area (Å²) < 4.78 is 13.4. The van der Waals surface area contributed by atoms with Crippen molar-refractivity contribution >= 4 is 14.1 Å². The Hall–Kier alpha value is -3.04. The van der Waals surface area contributed by atoms with Crippen molar-refractivity contribution in [3.63, 3.8) is 0 Å². The van der Waals surface area contributed by atoms with Gasteiger partial charge in [-0.15, -0.1) is 0 Å². The lowest BCUT2D eigenvalue weighted by molar-refractivity contribution is 0.427. The maximum Gasteiger partial charge on any atom is 0.258 e. The summed E-state index contributed by atoms with van der Waals surface area (Å²) >= 11 is 0. The minimum atomic E-state index is -2.19. The Morgan fingerprint density at radius 3 is 1.72 bits per heavy atom. The van der Waals surface area contributed by atoms with Gasteiger partial charge in [-0.2, -0.15) is 0 Å². The average Bonchev–Trinajstić information content (AvgIpc) is 2.81. The molecule has 3 heteroatoms. The number of ether oxygens (including phenoxy) is 1. The van der Waals surface area contributed by atoms with Crippen LogP contribution in [0, 0.1) is 13.8 Å². The fourth-order valence-corrected chi connectivity index (χ4v) is 10.8. The first kappa shape index (κ1) is 27.5. The number of benzene rings is 3. The van der Waals surface area contributed by atoms with E-state index in [0.29, 0.717) is 22.4 Å². The van der Waals surface area contributed by atoms with Gasteiger partial charge in [0, 0.05) is 11.6 Å². The van der Waals surface area contributed by atoms with E-state index >= 15 is 0 Å². The second kappa shape index (κ2) is 11.8. The predicted octanol–water partition coefficient (Wildman–Crippen LogP) is 10.1. The zero-order valence-corrected chi connectivity index (χ0v) is 24.3. The molecule has 0 atom stereocenters. The maximum absolute atomic E-state index is 7.17. The normalized spacial score (nSPS) is 12.4. The first-order valence-corrected chi connectivity index (χ1v) is 15.2. The summed E-state index contributed by atoms with van der Waals surface area (Å²) in [6.45, 7) is 22.3. The molecule has 0 aliphatic heterocycles. The number of rotatable bonds is 10. The fraction of sp³-hybridized carbons (Fsp3) is 0.333. The summed E-state index contributed by atoms with van der Waals surface area (Å²) in [5, 5.41) is 0. The van der Waals surface area contributed by atoms with Gasteiger partial charge in [0.2, 0.25) is 0 Å². The van der Waals surface area contributed by atoms with E-state index in [-0.39, 0.29) is 0 Å². The van der Waals surface area contributed by atoms with Crippen LogP contribution >= 0.6 is 0 Å². The largest absolute Gasteiger partial charge is 0.542 e. The van der Waals surface area contributed by atoms with Crippen LogP contribution in [-0.2, 0) is 4.43 Å². The van der Waals surface area contributed by atoms with Gasteiger partial charge in [0.15, 0.2) is 0 Å². The van der Waals surface area contributed by atoms with Gasteiger partial charge in [-0.05, 0) is 64.9 Å². The Morgan fingerprint density at radius 2 is 1.22 bits per heavy atom. The molecule has 190 valence electrons. The summed E-state index contributed by atoms with van der Waals surface area (Å²) in [5.41, 5.74) is 7.13. The van der Waals surface area contributed by atoms with Crippen LogP contribution in [-0.4, -0.2) is 8.32 Å². The summed E-state index contributed by atoms with van der Waals surface area (Å²) in [4.78, 5) is 0. The lowest BCUT2D eigenvalue weighted by Crippen LogP contribution is -2.47. The summed E-state index contributed by atoms with van der Waals surface area (Å²) in [6, 6.07) is 25.3. The molecule has 0 saturated carbocycles. The molecule has 0 saturated heterocycles. The average molecular weight is 499 g/mol. The molecule has 0 N–H and O–H groups in total. The van der Waals surface area contributed by atoms with Crippen molar-refractivity contribution in [2.45, 2.75) is 72.0 Å². The molecule has 3 rings (SSSR count). The smallest absolute Gasteiger partial charge is 0.258 e. The van der Waals surface area contributed by atoms with E-state index in [0.717, 1.165) is 17.1 Å². The van der Waals surface area contributed by atoms with Crippen LogP contribution in [0.5, 0.6) is 5.75 Å². The molecule has 0 amide bonds. The maximum atomic E-state index is 7.17. The molecule has 0 radical (unpaired) electrons. The molecule has 0 aliphatic rings. The van der Waals surface area contributed by atoms with Crippen LogP contribution in [0.25, 0.3) is 16.9 Å². The highest BCUT2D eigenvalue weighted by atomic mass is 28.4. The molecule has 0 bridgehead atoms. The van der Waals surface area contributed by atoms with E-state index in [1.54, 1.807) is 0 Å². The van der Waals surface area contributed by atoms with E-state index < -0.39 is 8.32 Å². The van der Waals surface area contributed by atoms with Crippen molar-refractivity contribution in [3.05, 3.63) is 108 Å². The van der Waals surface area contributed by atoms with Crippen molar-refractivity contribution in [1.29, 1.82) is 0 Å². The van der Waals surface area contributed by atoms with Crippen LogP contribution in [0.2, 0.25) is 16.6 Å². The van der Waals surface area contributed by atoms with Crippen molar-refractivity contribution in [2.75, 3.05) is 0 Å². The van der Waals surface area contributed by atoms with Crippen molar-refractivity contribution < 1.29 is 9.16 Å². The monoisotopic (exact) mass is 498 g/mol. The van der Waals surface area contributed by atoms with Crippen LogP contribution in [0.15, 0.2) is 91.2 Å². The Labute approximate surface area is 219 Å². The van der Waals surface area contributed by atoms with E-state index in [9.17, 15) is 0 Å². The third-order valence-electron chi connectivity index (χ3n) is 7.01. The van der Waals surface area contributed by atoms with Crippen LogP contribution in [0.4, 0.5) is 0 Å². The molecular weight excluding hydrogens is 456 g/mol. The summed E-state index contributed by atoms with van der Waals surface area (Å²) in [7, 11) is -2.19. The molecule has 2 nitrogen and oxygen atoms in total. The third kappa shape index (κ3) is 6.39. The van der Waals surface area contributed by atoms with E-state index in [1.807, 2.05) is 24.3 Å². The molecule has 0 aromatic heterocycles.